The summed E-state index contributed by atoms with van der Waals surface area (Å²) in [7, 11) is 3.47. The first-order chi connectivity index (χ1) is 10.8. The number of fused-ring (bicyclic) bond motifs is 1. The van der Waals surface area contributed by atoms with Gasteiger partial charge in [-0.1, -0.05) is 25.1 Å². The van der Waals surface area contributed by atoms with Gasteiger partial charge in [-0.25, -0.2) is 0 Å². The van der Waals surface area contributed by atoms with Gasteiger partial charge in [0.1, 0.15) is 0 Å². The van der Waals surface area contributed by atoms with E-state index in [0.717, 1.165) is 31.9 Å². The molecule has 0 radical (unpaired) electrons. The van der Waals surface area contributed by atoms with E-state index in [1.807, 2.05) is 0 Å². The fraction of sp³-hybridized carbons (Fsp3) is 0.471. The van der Waals surface area contributed by atoms with Crippen molar-refractivity contribution in [1.29, 1.82) is 0 Å². The molecule has 3 N–H and O–H groups in total. The predicted molar refractivity (Wildman–Crippen MR) is 92.6 cm³/mol. The Morgan fingerprint density at radius 3 is 2.77 bits per heavy atom. The summed E-state index contributed by atoms with van der Waals surface area (Å²) < 4.78 is 5.02. The van der Waals surface area contributed by atoms with Crippen LogP contribution in [0.4, 0.5) is 0 Å². The number of methoxy groups -OCH3 is 1. The zero-order chi connectivity index (χ0) is 15.8. The monoisotopic (exact) mass is 302 g/mol. The van der Waals surface area contributed by atoms with E-state index in [2.05, 4.69) is 51.9 Å². The van der Waals surface area contributed by atoms with Gasteiger partial charge in [0.15, 0.2) is 5.96 Å². The third kappa shape index (κ3) is 4.01. The lowest BCUT2D eigenvalue weighted by Gasteiger charge is -2.11. The molecule has 0 spiro atoms. The van der Waals surface area contributed by atoms with Gasteiger partial charge in [0.05, 0.1) is 6.61 Å². The predicted octanol–water partition coefficient (Wildman–Crippen LogP) is 2.08. The van der Waals surface area contributed by atoms with Gasteiger partial charge in [0.25, 0.3) is 0 Å². The van der Waals surface area contributed by atoms with E-state index < -0.39 is 0 Å². The Bertz CT molecular complexity index is 618. The Balaban J connectivity index is 1.92. The summed E-state index contributed by atoms with van der Waals surface area (Å²) in [4.78, 5) is 7.61. The number of hydrogen-bond donors (Lipinski definition) is 3. The molecule has 5 nitrogen and oxygen atoms in total. The van der Waals surface area contributed by atoms with Gasteiger partial charge >= 0.3 is 0 Å². The van der Waals surface area contributed by atoms with Crippen molar-refractivity contribution in [3.63, 3.8) is 0 Å². The molecule has 120 valence electrons. The normalized spacial score (nSPS) is 11.9. The summed E-state index contributed by atoms with van der Waals surface area (Å²) in [6.45, 7) is 4.45. The average Bonchev–Trinajstić information content (AvgIpc) is 2.96. The molecule has 2 aromatic rings. The number of nitrogens with zero attached hydrogens (tertiary/aromatic N) is 1. The number of para-hydroxylation sites is 1. The van der Waals surface area contributed by atoms with Crippen LogP contribution in [0.3, 0.4) is 0 Å². The molecule has 0 aliphatic heterocycles. The highest BCUT2D eigenvalue weighted by Gasteiger charge is 2.06. The van der Waals surface area contributed by atoms with Crippen molar-refractivity contribution in [2.75, 3.05) is 33.9 Å². The number of ether oxygens (including phenoxy) is 1. The number of benzene rings is 1. The Labute approximate surface area is 132 Å². The minimum atomic E-state index is 0.670. The fourth-order valence-corrected chi connectivity index (χ4v) is 2.58. The number of rotatable bonds is 7. The molecule has 1 aromatic carbocycles. The van der Waals surface area contributed by atoms with Gasteiger partial charge in [-0.2, -0.15) is 0 Å². The Morgan fingerprint density at radius 1 is 1.23 bits per heavy atom. The maximum absolute atomic E-state index is 5.02. The summed E-state index contributed by atoms with van der Waals surface area (Å²) in [5, 5.41) is 7.86. The number of H-pyrrole nitrogens is 1. The number of hydrogen-bond acceptors (Lipinski definition) is 2. The lowest BCUT2D eigenvalue weighted by atomic mass is 10.1. The first-order valence-corrected chi connectivity index (χ1v) is 7.81. The molecule has 0 bridgehead atoms. The topological polar surface area (TPSA) is 61.4 Å². The van der Waals surface area contributed by atoms with Crippen LogP contribution in [0.5, 0.6) is 0 Å². The first-order valence-electron chi connectivity index (χ1n) is 7.81. The van der Waals surface area contributed by atoms with Crippen LogP contribution in [0.25, 0.3) is 10.9 Å². The van der Waals surface area contributed by atoms with Crippen LogP contribution in [0.15, 0.2) is 29.4 Å². The standard InChI is InChI=1S/C17H26N4O/c1-4-13-6-5-7-15-14(12-21-16(13)15)8-9-19-17(18-2)20-10-11-22-3/h5-7,12,21H,4,8-11H2,1-3H3,(H2,18,19,20). The summed E-state index contributed by atoms with van der Waals surface area (Å²) in [5.41, 5.74) is 3.97. The second-order valence-electron chi connectivity index (χ2n) is 5.18. The molecule has 0 fully saturated rings. The molecule has 0 aliphatic carbocycles. The molecule has 0 unspecified atom stereocenters. The molecule has 0 saturated carbocycles. The minimum Gasteiger partial charge on any atom is -0.383 e. The van der Waals surface area contributed by atoms with Gasteiger partial charge in [-0.15, -0.1) is 0 Å². The number of aromatic amines is 1. The first kappa shape index (κ1) is 16.4. The molecule has 0 aliphatic rings. The van der Waals surface area contributed by atoms with Crippen LogP contribution in [0.2, 0.25) is 0 Å². The maximum atomic E-state index is 5.02. The number of nitrogens with one attached hydrogen (secondary N) is 3. The smallest absolute Gasteiger partial charge is 0.191 e. The molecule has 1 heterocycles. The Kier molecular flexibility index (Phi) is 6.27. The quantitative estimate of drug-likeness (QED) is 0.417. The highest BCUT2D eigenvalue weighted by Crippen LogP contribution is 2.22. The van der Waals surface area contributed by atoms with Crippen LogP contribution < -0.4 is 10.6 Å². The van der Waals surface area contributed by atoms with Gasteiger partial charge in [-0.3, -0.25) is 4.99 Å². The largest absolute Gasteiger partial charge is 0.383 e. The molecule has 0 saturated heterocycles. The van der Waals surface area contributed by atoms with Gasteiger partial charge in [0, 0.05) is 44.3 Å². The molecule has 0 atom stereocenters. The highest BCUT2D eigenvalue weighted by molar-refractivity contribution is 5.86. The van der Waals surface area contributed by atoms with Crippen molar-refractivity contribution >= 4 is 16.9 Å². The van der Waals surface area contributed by atoms with Crippen molar-refractivity contribution < 1.29 is 4.74 Å². The molecule has 5 heteroatoms. The van der Waals surface area contributed by atoms with Crippen LogP contribution in [-0.2, 0) is 17.6 Å². The second kappa shape index (κ2) is 8.44. The van der Waals surface area contributed by atoms with Crippen LogP contribution in [0, 0.1) is 0 Å². The summed E-state index contributed by atoms with van der Waals surface area (Å²) in [6.07, 6.45) is 4.12. The van der Waals surface area contributed by atoms with Crippen LogP contribution >= 0.6 is 0 Å². The van der Waals surface area contributed by atoms with Crippen molar-refractivity contribution in [2.45, 2.75) is 19.8 Å². The van der Waals surface area contributed by atoms with Crippen molar-refractivity contribution in [2.24, 2.45) is 4.99 Å². The number of guanidine groups is 1. The zero-order valence-corrected chi connectivity index (χ0v) is 13.7. The number of aliphatic imine (C=N–C) groups is 1. The summed E-state index contributed by atoms with van der Waals surface area (Å²) >= 11 is 0. The third-order valence-electron chi connectivity index (χ3n) is 3.78. The van der Waals surface area contributed by atoms with E-state index in [4.69, 9.17) is 4.74 Å². The van der Waals surface area contributed by atoms with E-state index in [0.29, 0.717) is 6.61 Å². The molecule has 0 amide bonds. The molecular formula is C17H26N4O. The van der Waals surface area contributed by atoms with Gasteiger partial charge in [0.2, 0.25) is 0 Å². The molecule has 22 heavy (non-hydrogen) atoms. The average molecular weight is 302 g/mol. The van der Waals surface area contributed by atoms with Gasteiger partial charge < -0.3 is 20.4 Å². The Hall–Kier alpha value is -2.01. The van der Waals surface area contributed by atoms with Crippen LogP contribution in [0.1, 0.15) is 18.1 Å². The van der Waals surface area contributed by atoms with Crippen molar-refractivity contribution in [3.8, 4) is 0 Å². The van der Waals surface area contributed by atoms with E-state index in [1.54, 1.807) is 14.2 Å². The minimum absolute atomic E-state index is 0.670. The highest BCUT2D eigenvalue weighted by atomic mass is 16.5. The summed E-state index contributed by atoms with van der Waals surface area (Å²) in [5.74, 6) is 0.811. The van der Waals surface area contributed by atoms with Crippen LogP contribution in [-0.4, -0.2) is 44.8 Å². The number of aromatic nitrogens is 1. The Morgan fingerprint density at radius 2 is 2.05 bits per heavy atom. The molecule has 2 rings (SSSR count). The molecular weight excluding hydrogens is 276 g/mol. The van der Waals surface area contributed by atoms with E-state index in [-0.39, 0.29) is 0 Å². The SMILES string of the molecule is CCc1cccc2c(CCNC(=NC)NCCOC)c[nH]c12. The fourth-order valence-electron chi connectivity index (χ4n) is 2.58. The lowest BCUT2D eigenvalue weighted by Crippen LogP contribution is -2.39. The van der Waals surface area contributed by atoms with Crippen molar-refractivity contribution in [1.82, 2.24) is 15.6 Å². The summed E-state index contributed by atoms with van der Waals surface area (Å²) in [6, 6.07) is 6.51. The second-order valence-corrected chi connectivity index (χ2v) is 5.18. The van der Waals surface area contributed by atoms with Crippen molar-refractivity contribution in [3.05, 3.63) is 35.5 Å². The maximum Gasteiger partial charge on any atom is 0.191 e. The zero-order valence-electron chi connectivity index (χ0n) is 13.7. The third-order valence-corrected chi connectivity index (χ3v) is 3.78. The van der Waals surface area contributed by atoms with E-state index in [9.17, 15) is 0 Å². The number of aryl methyl sites for hydroxylation is 1. The van der Waals surface area contributed by atoms with E-state index in [1.165, 1.54) is 22.0 Å². The molecule has 1 aromatic heterocycles. The van der Waals surface area contributed by atoms with E-state index >= 15 is 0 Å². The van der Waals surface area contributed by atoms with Gasteiger partial charge in [-0.05, 0) is 24.0 Å². The lowest BCUT2D eigenvalue weighted by molar-refractivity contribution is 0.203.